The average Bonchev–Trinajstić information content (AvgIpc) is 2.71. The molecule has 2 N–H and O–H groups in total. The number of nitrogens with one attached hydrogen (secondary N) is 2. The maximum absolute atomic E-state index is 12.5. The normalized spacial score (nSPS) is 11.3. The average molecular weight is 419 g/mol. The number of carbonyl (C=O) groups excluding carboxylic acids is 2. The molecule has 9 heteroatoms. The molecule has 0 saturated carbocycles. The van der Waals surface area contributed by atoms with Gasteiger partial charge in [-0.1, -0.05) is 54.2 Å². The van der Waals surface area contributed by atoms with E-state index in [4.69, 9.17) is 0 Å². The first-order valence-electron chi connectivity index (χ1n) is 8.53. The zero-order valence-electron chi connectivity index (χ0n) is 15.0. The minimum Gasteiger partial charge on any atom is -0.273 e. The van der Waals surface area contributed by atoms with Crippen LogP contribution in [0, 0.1) is 0 Å². The Morgan fingerprint density at radius 3 is 2.38 bits per heavy atom. The molecule has 0 radical (unpaired) electrons. The van der Waals surface area contributed by atoms with Crippen LogP contribution >= 0.6 is 11.8 Å². The van der Waals surface area contributed by atoms with E-state index >= 15 is 0 Å². The topological polar surface area (TPSA) is 71.1 Å². The molecular weight excluding hydrogens is 403 g/mol. The highest BCUT2D eigenvalue weighted by Gasteiger charge is 2.30. The molecule has 3 aromatic rings. The Morgan fingerprint density at radius 2 is 1.66 bits per heavy atom. The fourth-order valence-corrected chi connectivity index (χ4v) is 3.25. The van der Waals surface area contributed by atoms with Crippen LogP contribution in [0.3, 0.4) is 0 Å². The summed E-state index contributed by atoms with van der Waals surface area (Å²) in [7, 11) is 0. The van der Waals surface area contributed by atoms with Crippen LogP contribution in [-0.4, -0.2) is 22.6 Å². The van der Waals surface area contributed by atoms with Crippen LogP contribution in [0.4, 0.5) is 13.2 Å². The van der Waals surface area contributed by atoms with Crippen molar-refractivity contribution in [1.82, 2.24) is 15.8 Å². The second kappa shape index (κ2) is 8.95. The summed E-state index contributed by atoms with van der Waals surface area (Å²) in [4.78, 5) is 27.6. The molecule has 0 aliphatic heterocycles. The SMILES string of the molecule is O=C(CSc1ccc(C(F)(F)F)cn1)NNC(=O)Cc1cccc2ccccc12. The summed E-state index contributed by atoms with van der Waals surface area (Å²) in [5.74, 6) is -0.984. The first kappa shape index (κ1) is 20.7. The quantitative estimate of drug-likeness (QED) is 0.488. The maximum atomic E-state index is 12.5. The van der Waals surface area contributed by atoms with Gasteiger partial charge in [0, 0.05) is 6.20 Å². The molecule has 2 amide bonds. The van der Waals surface area contributed by atoms with Crippen molar-refractivity contribution in [2.24, 2.45) is 0 Å². The molecule has 0 aliphatic rings. The van der Waals surface area contributed by atoms with Gasteiger partial charge in [-0.15, -0.1) is 0 Å². The fraction of sp³-hybridized carbons (Fsp3) is 0.150. The molecule has 2 aromatic carbocycles. The number of amides is 2. The Kier molecular flexibility index (Phi) is 6.38. The molecule has 0 atom stereocenters. The number of hydrogen-bond acceptors (Lipinski definition) is 4. The molecule has 1 aromatic heterocycles. The van der Waals surface area contributed by atoms with E-state index in [0.29, 0.717) is 6.20 Å². The molecule has 3 rings (SSSR count). The number of benzene rings is 2. The number of carbonyl (C=O) groups is 2. The number of aromatic nitrogens is 1. The largest absolute Gasteiger partial charge is 0.417 e. The maximum Gasteiger partial charge on any atom is 0.417 e. The van der Waals surface area contributed by atoms with Crippen LogP contribution in [0.5, 0.6) is 0 Å². The van der Waals surface area contributed by atoms with Crippen LogP contribution in [0.25, 0.3) is 10.8 Å². The molecule has 5 nitrogen and oxygen atoms in total. The third kappa shape index (κ3) is 5.71. The number of hydrogen-bond donors (Lipinski definition) is 2. The van der Waals surface area contributed by atoms with Crippen molar-refractivity contribution in [3.63, 3.8) is 0 Å². The van der Waals surface area contributed by atoms with Crippen molar-refractivity contribution in [2.75, 3.05) is 5.75 Å². The van der Waals surface area contributed by atoms with Crippen LogP contribution in [-0.2, 0) is 22.2 Å². The highest BCUT2D eigenvalue weighted by Crippen LogP contribution is 2.29. The second-order valence-electron chi connectivity index (χ2n) is 6.08. The Hall–Kier alpha value is -3.07. The van der Waals surface area contributed by atoms with Crippen molar-refractivity contribution in [1.29, 1.82) is 0 Å². The van der Waals surface area contributed by atoms with Gasteiger partial charge in [0.1, 0.15) is 0 Å². The molecule has 0 saturated heterocycles. The van der Waals surface area contributed by atoms with Crippen LogP contribution < -0.4 is 10.9 Å². The van der Waals surface area contributed by atoms with E-state index in [0.717, 1.165) is 34.2 Å². The Bertz CT molecular complexity index is 1020. The lowest BCUT2D eigenvalue weighted by Crippen LogP contribution is -2.43. The van der Waals surface area contributed by atoms with Crippen molar-refractivity contribution in [3.05, 3.63) is 71.9 Å². The predicted molar refractivity (Wildman–Crippen MR) is 104 cm³/mol. The zero-order chi connectivity index (χ0) is 20.9. The van der Waals surface area contributed by atoms with Crippen LogP contribution in [0.1, 0.15) is 11.1 Å². The smallest absolute Gasteiger partial charge is 0.273 e. The number of alkyl halides is 3. The molecule has 150 valence electrons. The van der Waals surface area contributed by atoms with Gasteiger partial charge in [-0.2, -0.15) is 13.2 Å². The number of rotatable bonds is 5. The lowest BCUT2D eigenvalue weighted by atomic mass is 10.0. The third-order valence-corrected chi connectivity index (χ3v) is 4.93. The second-order valence-corrected chi connectivity index (χ2v) is 7.08. The number of halogens is 3. The standard InChI is InChI=1S/C20H16F3N3O2S/c21-20(22,23)15-8-9-19(24-11-15)29-12-18(28)26-25-17(27)10-14-6-3-5-13-4-1-2-7-16(13)14/h1-9,11H,10,12H2,(H,25,27)(H,26,28). The summed E-state index contributed by atoms with van der Waals surface area (Å²) in [6, 6.07) is 15.4. The van der Waals surface area contributed by atoms with Crippen molar-refractivity contribution in [2.45, 2.75) is 17.6 Å². The molecule has 0 aliphatic carbocycles. The number of hydrazine groups is 1. The Labute approximate surface area is 168 Å². The van der Waals surface area contributed by atoms with Gasteiger partial charge in [0.25, 0.3) is 0 Å². The lowest BCUT2D eigenvalue weighted by Gasteiger charge is -2.09. The van der Waals surface area contributed by atoms with E-state index in [1.807, 2.05) is 42.5 Å². The summed E-state index contributed by atoms with van der Waals surface area (Å²) in [6.45, 7) is 0. The minimum atomic E-state index is -4.46. The van der Waals surface area contributed by atoms with E-state index in [1.54, 1.807) is 0 Å². The van der Waals surface area contributed by atoms with Gasteiger partial charge in [0.2, 0.25) is 11.8 Å². The monoisotopic (exact) mass is 419 g/mol. The highest BCUT2D eigenvalue weighted by molar-refractivity contribution is 7.99. The van der Waals surface area contributed by atoms with Gasteiger partial charge in [-0.25, -0.2) is 4.98 Å². The predicted octanol–water partition coefficient (Wildman–Crippen LogP) is 3.74. The van der Waals surface area contributed by atoms with E-state index in [1.165, 1.54) is 6.07 Å². The highest BCUT2D eigenvalue weighted by atomic mass is 32.2. The minimum absolute atomic E-state index is 0.0925. The van der Waals surface area contributed by atoms with E-state index in [-0.39, 0.29) is 23.1 Å². The zero-order valence-corrected chi connectivity index (χ0v) is 15.8. The van der Waals surface area contributed by atoms with E-state index < -0.39 is 17.6 Å². The summed E-state index contributed by atoms with van der Waals surface area (Å²) in [5, 5.41) is 2.25. The first-order valence-corrected chi connectivity index (χ1v) is 9.52. The summed E-state index contributed by atoms with van der Waals surface area (Å²) >= 11 is 0.964. The van der Waals surface area contributed by atoms with Crippen molar-refractivity contribution < 1.29 is 22.8 Å². The Morgan fingerprint density at radius 1 is 0.931 bits per heavy atom. The van der Waals surface area contributed by atoms with Gasteiger partial charge < -0.3 is 0 Å². The van der Waals surface area contributed by atoms with E-state index in [9.17, 15) is 22.8 Å². The van der Waals surface area contributed by atoms with Gasteiger partial charge >= 0.3 is 6.18 Å². The molecule has 0 bridgehead atoms. The van der Waals surface area contributed by atoms with Crippen molar-refractivity contribution in [3.8, 4) is 0 Å². The van der Waals surface area contributed by atoms with E-state index in [2.05, 4.69) is 15.8 Å². The lowest BCUT2D eigenvalue weighted by molar-refractivity contribution is -0.137. The summed E-state index contributed by atoms with van der Waals surface area (Å²) in [5.41, 5.74) is 4.61. The molecule has 0 unspecified atom stereocenters. The molecule has 1 heterocycles. The van der Waals surface area contributed by atoms with Crippen molar-refractivity contribution >= 4 is 34.3 Å². The Balaban J connectivity index is 1.47. The molecule has 29 heavy (non-hydrogen) atoms. The van der Waals surface area contributed by atoms with Gasteiger partial charge in [0.15, 0.2) is 0 Å². The molecular formula is C20H16F3N3O2S. The molecule has 0 spiro atoms. The van der Waals surface area contributed by atoms with Gasteiger partial charge in [0.05, 0.1) is 22.8 Å². The van der Waals surface area contributed by atoms with Gasteiger partial charge in [-0.3, -0.25) is 20.4 Å². The number of pyridine rings is 1. The van der Waals surface area contributed by atoms with Crippen LogP contribution in [0.2, 0.25) is 0 Å². The number of thioether (sulfide) groups is 1. The van der Waals surface area contributed by atoms with Gasteiger partial charge in [-0.05, 0) is 28.5 Å². The third-order valence-electron chi connectivity index (χ3n) is 3.99. The van der Waals surface area contributed by atoms with Crippen LogP contribution in [0.15, 0.2) is 65.8 Å². The first-order chi connectivity index (χ1) is 13.8. The molecule has 0 fully saturated rings. The fourth-order valence-electron chi connectivity index (χ4n) is 2.61. The summed E-state index contributed by atoms with van der Waals surface area (Å²) < 4.78 is 37.5. The number of nitrogens with zero attached hydrogens (tertiary/aromatic N) is 1. The summed E-state index contributed by atoms with van der Waals surface area (Å²) in [6.07, 6.45) is -3.65. The number of fused-ring (bicyclic) bond motifs is 1.